The SMILES string of the molecule is O=Cc1ccccc1C=C1CNc2ccccc21. The Morgan fingerprint density at radius 3 is 2.50 bits per heavy atom. The zero-order chi connectivity index (χ0) is 12.4. The highest BCUT2D eigenvalue weighted by Gasteiger charge is 2.14. The normalized spacial score (nSPS) is 15.2. The average Bonchev–Trinajstić information content (AvgIpc) is 2.83. The zero-order valence-electron chi connectivity index (χ0n) is 9.89. The Bertz CT molecular complexity index is 628. The van der Waals surface area contributed by atoms with E-state index >= 15 is 0 Å². The molecule has 0 spiro atoms. The molecule has 2 nitrogen and oxygen atoms in total. The van der Waals surface area contributed by atoms with Gasteiger partial charge in [0, 0.05) is 23.4 Å². The summed E-state index contributed by atoms with van der Waals surface area (Å²) in [5.74, 6) is 0. The van der Waals surface area contributed by atoms with Gasteiger partial charge in [-0.2, -0.15) is 0 Å². The van der Waals surface area contributed by atoms with Crippen molar-refractivity contribution in [3.63, 3.8) is 0 Å². The molecular weight excluding hydrogens is 222 g/mol. The lowest BCUT2D eigenvalue weighted by Crippen LogP contribution is -1.92. The summed E-state index contributed by atoms with van der Waals surface area (Å²) < 4.78 is 0. The number of para-hydroxylation sites is 1. The van der Waals surface area contributed by atoms with E-state index < -0.39 is 0 Å². The van der Waals surface area contributed by atoms with Crippen LogP contribution in [0.4, 0.5) is 5.69 Å². The van der Waals surface area contributed by atoms with Gasteiger partial charge in [0.05, 0.1) is 0 Å². The summed E-state index contributed by atoms with van der Waals surface area (Å²) in [4.78, 5) is 11.0. The summed E-state index contributed by atoms with van der Waals surface area (Å²) in [6, 6.07) is 15.9. The fraction of sp³-hybridized carbons (Fsp3) is 0.0625. The molecule has 3 rings (SSSR count). The minimum absolute atomic E-state index is 0.731. The van der Waals surface area contributed by atoms with Gasteiger partial charge >= 0.3 is 0 Å². The molecule has 1 N–H and O–H groups in total. The number of carbonyl (C=O) groups excluding carboxylic acids is 1. The Morgan fingerprint density at radius 1 is 0.944 bits per heavy atom. The number of aldehydes is 1. The molecule has 0 aliphatic carbocycles. The number of hydrogen-bond acceptors (Lipinski definition) is 2. The summed E-state index contributed by atoms with van der Waals surface area (Å²) in [6.07, 6.45) is 2.99. The number of anilines is 1. The highest BCUT2D eigenvalue weighted by molar-refractivity contribution is 5.95. The van der Waals surface area contributed by atoms with Gasteiger partial charge < -0.3 is 5.32 Å². The standard InChI is InChI=1S/C16H13NO/c18-11-13-6-2-1-5-12(13)9-14-10-17-16-8-4-3-7-15(14)16/h1-9,11,17H,10H2. The topological polar surface area (TPSA) is 29.1 Å². The maximum atomic E-state index is 11.0. The van der Waals surface area contributed by atoms with Crippen molar-refractivity contribution in [2.75, 3.05) is 11.9 Å². The molecule has 2 aromatic rings. The molecule has 0 amide bonds. The van der Waals surface area contributed by atoms with Crippen LogP contribution in [0.2, 0.25) is 0 Å². The van der Waals surface area contributed by atoms with E-state index in [1.54, 1.807) is 0 Å². The first-order valence-electron chi connectivity index (χ1n) is 5.96. The van der Waals surface area contributed by atoms with Crippen molar-refractivity contribution in [1.29, 1.82) is 0 Å². The molecule has 2 heteroatoms. The fourth-order valence-corrected chi connectivity index (χ4v) is 2.27. The van der Waals surface area contributed by atoms with Crippen LogP contribution in [0, 0.1) is 0 Å². The van der Waals surface area contributed by atoms with Crippen LogP contribution in [0.5, 0.6) is 0 Å². The van der Waals surface area contributed by atoms with Gasteiger partial charge in [-0.1, -0.05) is 42.5 Å². The second-order valence-corrected chi connectivity index (χ2v) is 4.32. The maximum absolute atomic E-state index is 11.0. The van der Waals surface area contributed by atoms with Crippen LogP contribution in [0.25, 0.3) is 11.6 Å². The summed E-state index contributed by atoms with van der Waals surface area (Å²) in [7, 11) is 0. The third-order valence-corrected chi connectivity index (χ3v) is 3.20. The van der Waals surface area contributed by atoms with Crippen LogP contribution in [-0.2, 0) is 0 Å². The fourth-order valence-electron chi connectivity index (χ4n) is 2.27. The minimum atomic E-state index is 0.731. The number of fused-ring (bicyclic) bond motifs is 1. The highest BCUT2D eigenvalue weighted by Crippen LogP contribution is 2.31. The van der Waals surface area contributed by atoms with E-state index in [9.17, 15) is 4.79 Å². The molecule has 0 atom stereocenters. The lowest BCUT2D eigenvalue weighted by atomic mass is 10.0. The summed E-state index contributed by atoms with van der Waals surface area (Å²) in [5.41, 5.74) is 5.31. The number of carbonyl (C=O) groups is 1. The first kappa shape index (κ1) is 10.8. The molecule has 1 aliphatic rings. The van der Waals surface area contributed by atoms with Gasteiger partial charge in [-0.05, 0) is 23.3 Å². The predicted octanol–water partition coefficient (Wildman–Crippen LogP) is 3.47. The van der Waals surface area contributed by atoms with Gasteiger partial charge in [0.15, 0.2) is 6.29 Å². The van der Waals surface area contributed by atoms with Crippen molar-refractivity contribution in [3.05, 3.63) is 65.2 Å². The monoisotopic (exact) mass is 235 g/mol. The molecule has 1 aliphatic heterocycles. The minimum Gasteiger partial charge on any atom is -0.380 e. The van der Waals surface area contributed by atoms with Crippen LogP contribution in [-0.4, -0.2) is 12.8 Å². The van der Waals surface area contributed by atoms with E-state index in [1.165, 1.54) is 11.1 Å². The molecule has 0 saturated carbocycles. The van der Waals surface area contributed by atoms with Crippen molar-refractivity contribution in [2.24, 2.45) is 0 Å². The second-order valence-electron chi connectivity index (χ2n) is 4.32. The molecule has 1 heterocycles. The molecule has 2 aromatic carbocycles. The van der Waals surface area contributed by atoms with E-state index in [1.807, 2.05) is 36.4 Å². The molecule has 88 valence electrons. The Kier molecular flexibility index (Phi) is 2.69. The van der Waals surface area contributed by atoms with E-state index in [4.69, 9.17) is 0 Å². The van der Waals surface area contributed by atoms with E-state index in [-0.39, 0.29) is 0 Å². The number of hydrogen-bond donors (Lipinski definition) is 1. The lowest BCUT2D eigenvalue weighted by molar-refractivity contribution is 0.112. The first-order chi connectivity index (χ1) is 8.88. The van der Waals surface area contributed by atoms with E-state index in [0.717, 1.165) is 29.6 Å². The van der Waals surface area contributed by atoms with Crippen LogP contribution < -0.4 is 5.32 Å². The summed E-state index contributed by atoms with van der Waals surface area (Å²) >= 11 is 0. The van der Waals surface area contributed by atoms with Gasteiger partial charge in [0.2, 0.25) is 0 Å². The van der Waals surface area contributed by atoms with E-state index in [2.05, 4.69) is 23.5 Å². The molecule has 0 aromatic heterocycles. The van der Waals surface area contributed by atoms with Crippen LogP contribution in [0.3, 0.4) is 0 Å². The smallest absolute Gasteiger partial charge is 0.150 e. The third kappa shape index (κ3) is 1.82. The number of benzene rings is 2. The number of rotatable bonds is 2. The van der Waals surface area contributed by atoms with Gasteiger partial charge in [0.1, 0.15) is 0 Å². The van der Waals surface area contributed by atoms with Gasteiger partial charge in [-0.15, -0.1) is 0 Å². The molecule has 0 unspecified atom stereocenters. The first-order valence-corrected chi connectivity index (χ1v) is 5.96. The maximum Gasteiger partial charge on any atom is 0.150 e. The van der Waals surface area contributed by atoms with Crippen molar-refractivity contribution in [3.8, 4) is 0 Å². The average molecular weight is 235 g/mol. The molecule has 18 heavy (non-hydrogen) atoms. The van der Waals surface area contributed by atoms with Crippen LogP contribution >= 0.6 is 0 Å². The Balaban J connectivity index is 2.06. The van der Waals surface area contributed by atoms with Crippen molar-refractivity contribution in [2.45, 2.75) is 0 Å². The van der Waals surface area contributed by atoms with Crippen molar-refractivity contribution < 1.29 is 4.79 Å². The largest absolute Gasteiger partial charge is 0.380 e. The molecule has 0 bridgehead atoms. The molecule has 0 saturated heterocycles. The van der Waals surface area contributed by atoms with Gasteiger partial charge in [-0.25, -0.2) is 0 Å². The second kappa shape index (κ2) is 4.49. The molecular formula is C16H13NO. The predicted molar refractivity (Wildman–Crippen MR) is 74.6 cm³/mol. The molecule has 0 fully saturated rings. The molecule has 0 radical (unpaired) electrons. The Hall–Kier alpha value is -2.35. The Labute approximate surface area is 106 Å². The van der Waals surface area contributed by atoms with Gasteiger partial charge in [0.25, 0.3) is 0 Å². The highest BCUT2D eigenvalue weighted by atomic mass is 16.1. The van der Waals surface area contributed by atoms with Crippen LogP contribution in [0.1, 0.15) is 21.5 Å². The van der Waals surface area contributed by atoms with Crippen molar-refractivity contribution in [1.82, 2.24) is 0 Å². The van der Waals surface area contributed by atoms with E-state index in [0.29, 0.717) is 0 Å². The quantitative estimate of drug-likeness (QED) is 0.807. The number of nitrogens with one attached hydrogen (secondary N) is 1. The summed E-state index contributed by atoms with van der Waals surface area (Å²) in [5, 5.41) is 3.35. The van der Waals surface area contributed by atoms with Crippen LogP contribution in [0.15, 0.2) is 48.5 Å². The third-order valence-electron chi connectivity index (χ3n) is 3.20. The van der Waals surface area contributed by atoms with Crippen molar-refractivity contribution >= 4 is 23.6 Å². The zero-order valence-corrected chi connectivity index (χ0v) is 9.89. The van der Waals surface area contributed by atoms with Gasteiger partial charge in [-0.3, -0.25) is 4.79 Å². The summed E-state index contributed by atoms with van der Waals surface area (Å²) in [6.45, 7) is 0.812. The Morgan fingerprint density at radius 2 is 1.67 bits per heavy atom. The lowest BCUT2D eigenvalue weighted by Gasteiger charge is -2.01.